The molecule has 0 bridgehead atoms. The van der Waals surface area contributed by atoms with Gasteiger partial charge in [0.25, 0.3) is 0 Å². The number of aliphatic hydroxyl groups excluding tert-OH is 1. The topological polar surface area (TPSA) is 116 Å². The summed E-state index contributed by atoms with van der Waals surface area (Å²) in [5.74, 6) is 1.50. The molecule has 212 valence electrons. The van der Waals surface area contributed by atoms with Crippen LogP contribution in [0.4, 0.5) is 11.4 Å². The third-order valence-electron chi connectivity index (χ3n) is 7.33. The smallest absolute Gasteiger partial charge is 0.203 e. The van der Waals surface area contributed by atoms with Gasteiger partial charge in [-0.15, -0.1) is 0 Å². The molecule has 2 aromatic heterocycles. The first-order valence-electron chi connectivity index (χ1n) is 13.5. The molecule has 1 aliphatic rings. The van der Waals surface area contributed by atoms with Crippen molar-refractivity contribution >= 4 is 22.3 Å². The second kappa shape index (κ2) is 12.8. The van der Waals surface area contributed by atoms with Gasteiger partial charge in [-0.25, -0.2) is 0 Å². The number of ether oxygens (including phenoxy) is 3. The Balaban J connectivity index is 1.37. The molecule has 10 heteroatoms. The Morgan fingerprint density at radius 1 is 0.902 bits per heavy atom. The molecule has 1 saturated heterocycles. The molecule has 0 radical (unpaired) electrons. The van der Waals surface area contributed by atoms with E-state index in [1.54, 1.807) is 39.7 Å². The number of anilines is 2. The van der Waals surface area contributed by atoms with Crippen LogP contribution in [-0.4, -0.2) is 85.5 Å². The predicted octanol–water partition coefficient (Wildman–Crippen LogP) is 4.05. The van der Waals surface area contributed by atoms with Crippen molar-refractivity contribution in [2.24, 2.45) is 0 Å². The zero-order valence-electron chi connectivity index (χ0n) is 23.6. The zero-order valence-corrected chi connectivity index (χ0v) is 23.6. The number of β-amino-alcohol motifs (C(OH)–C–C–N with tert-alkyl or cyclic N) is 1. The minimum atomic E-state index is 0.208. The van der Waals surface area contributed by atoms with Crippen molar-refractivity contribution in [1.29, 1.82) is 5.26 Å². The van der Waals surface area contributed by atoms with Gasteiger partial charge in [0.15, 0.2) is 11.5 Å². The number of rotatable bonds is 10. The van der Waals surface area contributed by atoms with Crippen molar-refractivity contribution in [2.45, 2.75) is 6.54 Å². The van der Waals surface area contributed by atoms with E-state index in [4.69, 9.17) is 24.3 Å². The molecule has 0 unspecified atom stereocenters. The maximum absolute atomic E-state index is 9.83. The Bertz CT molecular complexity index is 1520. The van der Waals surface area contributed by atoms with E-state index in [-0.39, 0.29) is 6.61 Å². The highest BCUT2D eigenvalue weighted by molar-refractivity contribution is 5.97. The molecule has 1 fully saturated rings. The Labute approximate surface area is 239 Å². The fourth-order valence-electron chi connectivity index (χ4n) is 5.13. The molecule has 2 N–H and O–H groups in total. The van der Waals surface area contributed by atoms with Gasteiger partial charge in [0.05, 0.1) is 50.4 Å². The molecule has 0 saturated carbocycles. The van der Waals surface area contributed by atoms with Crippen LogP contribution < -0.4 is 19.5 Å². The number of hydrogen-bond donors (Lipinski definition) is 2. The van der Waals surface area contributed by atoms with Crippen LogP contribution in [0.5, 0.6) is 17.2 Å². The van der Waals surface area contributed by atoms with Crippen LogP contribution >= 0.6 is 0 Å². The van der Waals surface area contributed by atoms with E-state index in [0.717, 1.165) is 61.4 Å². The standard InChI is InChI=1S/C31H34N6O4/c1-39-28-15-24(16-29(40-2)31(28)41-3)35-30-23(17-32)19-34-27-14-22(5-6-25(27)30)26-7-4-21(18-33-26)20-37-10-8-36(9-11-37)12-13-38/h4-7,14-16,18-19,38H,8-13,20H2,1-3H3,(H,34,35). The molecule has 2 aromatic carbocycles. The van der Waals surface area contributed by atoms with Crippen molar-refractivity contribution in [3.8, 4) is 34.6 Å². The average molecular weight is 555 g/mol. The normalized spacial score (nSPS) is 14.0. The highest BCUT2D eigenvalue weighted by atomic mass is 16.5. The van der Waals surface area contributed by atoms with E-state index in [0.29, 0.717) is 34.2 Å². The number of nitrogens with zero attached hydrogens (tertiary/aromatic N) is 5. The van der Waals surface area contributed by atoms with Gasteiger partial charge in [-0.05, 0) is 23.8 Å². The largest absolute Gasteiger partial charge is 0.493 e. The summed E-state index contributed by atoms with van der Waals surface area (Å²) >= 11 is 0. The van der Waals surface area contributed by atoms with Gasteiger partial charge in [0.2, 0.25) is 5.75 Å². The molecule has 3 heterocycles. The molecular formula is C31H34N6O4. The first-order chi connectivity index (χ1) is 20.1. The number of aliphatic hydroxyl groups is 1. The molecule has 41 heavy (non-hydrogen) atoms. The molecule has 0 aliphatic carbocycles. The summed E-state index contributed by atoms with van der Waals surface area (Å²) < 4.78 is 16.4. The first kappa shape index (κ1) is 28.1. The summed E-state index contributed by atoms with van der Waals surface area (Å²) in [6.07, 6.45) is 3.51. The lowest BCUT2D eigenvalue weighted by atomic mass is 10.0. The van der Waals surface area contributed by atoms with E-state index >= 15 is 0 Å². The van der Waals surface area contributed by atoms with Crippen molar-refractivity contribution in [1.82, 2.24) is 19.8 Å². The van der Waals surface area contributed by atoms with Crippen molar-refractivity contribution < 1.29 is 19.3 Å². The van der Waals surface area contributed by atoms with Gasteiger partial charge < -0.3 is 24.6 Å². The molecule has 1 aliphatic heterocycles. The van der Waals surface area contributed by atoms with Gasteiger partial charge in [-0.2, -0.15) is 5.26 Å². The van der Waals surface area contributed by atoms with Gasteiger partial charge in [-0.1, -0.05) is 12.1 Å². The summed E-state index contributed by atoms with van der Waals surface area (Å²) in [7, 11) is 4.68. The Morgan fingerprint density at radius 3 is 2.24 bits per heavy atom. The van der Waals surface area contributed by atoms with Crippen LogP contribution in [-0.2, 0) is 6.54 Å². The number of piperazine rings is 1. The number of nitriles is 1. The number of fused-ring (bicyclic) bond motifs is 1. The number of methoxy groups -OCH3 is 3. The van der Waals surface area contributed by atoms with Crippen LogP contribution in [0.2, 0.25) is 0 Å². The summed E-state index contributed by atoms with van der Waals surface area (Å²) in [5, 5.41) is 23.2. The van der Waals surface area contributed by atoms with Crippen LogP contribution in [0.25, 0.3) is 22.2 Å². The lowest BCUT2D eigenvalue weighted by Crippen LogP contribution is -2.46. The van der Waals surface area contributed by atoms with Gasteiger partial charge >= 0.3 is 0 Å². The molecule has 0 atom stereocenters. The van der Waals surface area contributed by atoms with Gasteiger partial charge in [0.1, 0.15) is 6.07 Å². The van der Waals surface area contributed by atoms with E-state index in [1.807, 2.05) is 30.5 Å². The number of pyridine rings is 2. The number of benzene rings is 2. The molecule has 4 aromatic rings. The van der Waals surface area contributed by atoms with E-state index in [2.05, 4.69) is 32.2 Å². The maximum atomic E-state index is 9.83. The van der Waals surface area contributed by atoms with Crippen LogP contribution in [0.15, 0.2) is 54.9 Å². The summed E-state index contributed by atoms with van der Waals surface area (Å²) in [5.41, 5.74) is 5.44. The second-order valence-corrected chi connectivity index (χ2v) is 9.82. The number of aromatic nitrogens is 2. The number of nitrogens with one attached hydrogen (secondary N) is 1. The molecular weight excluding hydrogens is 520 g/mol. The van der Waals surface area contributed by atoms with Crippen molar-refractivity contribution in [2.75, 3.05) is 66.0 Å². The molecule has 0 amide bonds. The average Bonchev–Trinajstić information content (AvgIpc) is 3.01. The molecule has 5 rings (SSSR count). The fourth-order valence-corrected chi connectivity index (χ4v) is 5.13. The van der Waals surface area contributed by atoms with Crippen molar-refractivity contribution in [3.63, 3.8) is 0 Å². The monoisotopic (exact) mass is 554 g/mol. The zero-order chi connectivity index (χ0) is 28.8. The molecule has 0 spiro atoms. The summed E-state index contributed by atoms with van der Waals surface area (Å²) in [4.78, 5) is 14.0. The second-order valence-electron chi connectivity index (χ2n) is 9.82. The summed E-state index contributed by atoms with van der Waals surface area (Å²) in [6, 6.07) is 15.9. The van der Waals surface area contributed by atoms with Crippen LogP contribution in [0.3, 0.4) is 0 Å². The minimum absolute atomic E-state index is 0.208. The first-order valence-corrected chi connectivity index (χ1v) is 13.5. The Kier molecular flexibility index (Phi) is 8.79. The Morgan fingerprint density at radius 2 is 1.63 bits per heavy atom. The van der Waals surface area contributed by atoms with E-state index in [1.165, 1.54) is 5.56 Å². The van der Waals surface area contributed by atoms with Crippen molar-refractivity contribution in [3.05, 3.63) is 66.0 Å². The van der Waals surface area contributed by atoms with Crippen LogP contribution in [0.1, 0.15) is 11.1 Å². The number of hydrogen-bond acceptors (Lipinski definition) is 10. The summed E-state index contributed by atoms with van der Waals surface area (Å²) in [6.45, 7) is 5.71. The molecule has 10 nitrogen and oxygen atoms in total. The lowest BCUT2D eigenvalue weighted by Gasteiger charge is -2.34. The lowest BCUT2D eigenvalue weighted by molar-refractivity contribution is 0.108. The quantitative estimate of drug-likeness (QED) is 0.297. The van der Waals surface area contributed by atoms with Gasteiger partial charge in [-0.3, -0.25) is 19.8 Å². The van der Waals surface area contributed by atoms with Gasteiger partial charge in [0, 0.05) is 80.4 Å². The SMILES string of the molecule is COc1cc(Nc2c(C#N)cnc3cc(-c4ccc(CN5CCN(CCO)CC5)cn4)ccc23)cc(OC)c1OC. The highest BCUT2D eigenvalue weighted by Crippen LogP contribution is 2.41. The Hall–Kier alpha value is -4.43. The third kappa shape index (κ3) is 6.18. The minimum Gasteiger partial charge on any atom is -0.493 e. The van der Waals surface area contributed by atoms with E-state index < -0.39 is 0 Å². The fraction of sp³-hybridized carbons (Fsp3) is 0.323. The highest BCUT2D eigenvalue weighted by Gasteiger charge is 2.18. The maximum Gasteiger partial charge on any atom is 0.203 e. The third-order valence-corrected chi connectivity index (χ3v) is 7.33. The van der Waals surface area contributed by atoms with E-state index in [9.17, 15) is 5.26 Å². The predicted molar refractivity (Wildman–Crippen MR) is 158 cm³/mol. The van der Waals surface area contributed by atoms with Crippen LogP contribution in [0, 0.1) is 11.3 Å².